The Morgan fingerprint density at radius 1 is 1.40 bits per heavy atom. The second kappa shape index (κ2) is 4.27. The molecule has 15 heavy (non-hydrogen) atoms. The Morgan fingerprint density at radius 3 is 2.87 bits per heavy atom. The molecular formula is C12H19N3. The summed E-state index contributed by atoms with van der Waals surface area (Å²) in [6.45, 7) is 4.86. The van der Waals surface area contributed by atoms with E-state index in [1.165, 1.54) is 29.8 Å². The minimum Gasteiger partial charge on any atom is -0.330 e. The lowest BCUT2D eigenvalue weighted by atomic mass is 9.84. The van der Waals surface area contributed by atoms with Gasteiger partial charge in [-0.2, -0.15) is 0 Å². The number of rotatable bonds is 2. The molecular weight excluding hydrogens is 186 g/mol. The highest BCUT2D eigenvalue weighted by molar-refractivity contribution is 5.32. The van der Waals surface area contributed by atoms with Crippen molar-refractivity contribution in [1.29, 1.82) is 0 Å². The smallest absolute Gasteiger partial charge is 0.125 e. The van der Waals surface area contributed by atoms with E-state index in [-0.39, 0.29) is 0 Å². The SMILES string of the molecule is CCc1nc(C)nc2c1C(CN)CCC2. The van der Waals surface area contributed by atoms with Crippen molar-refractivity contribution in [3.8, 4) is 0 Å². The van der Waals surface area contributed by atoms with Gasteiger partial charge in [-0.05, 0) is 50.6 Å². The van der Waals surface area contributed by atoms with Gasteiger partial charge < -0.3 is 5.73 Å². The fourth-order valence-electron chi connectivity index (χ4n) is 2.53. The van der Waals surface area contributed by atoms with E-state index in [2.05, 4.69) is 16.9 Å². The number of nitrogens with zero attached hydrogens (tertiary/aromatic N) is 2. The molecule has 2 N–H and O–H groups in total. The number of hydrogen-bond acceptors (Lipinski definition) is 3. The number of hydrogen-bond donors (Lipinski definition) is 1. The highest BCUT2D eigenvalue weighted by Crippen LogP contribution is 2.31. The maximum absolute atomic E-state index is 5.82. The summed E-state index contributed by atoms with van der Waals surface area (Å²) in [6.07, 6.45) is 4.50. The minimum absolute atomic E-state index is 0.490. The van der Waals surface area contributed by atoms with E-state index in [4.69, 9.17) is 5.73 Å². The van der Waals surface area contributed by atoms with Gasteiger partial charge in [-0.15, -0.1) is 0 Å². The molecule has 1 aliphatic carbocycles. The maximum Gasteiger partial charge on any atom is 0.125 e. The average Bonchev–Trinajstić information content (AvgIpc) is 2.26. The molecule has 3 nitrogen and oxygen atoms in total. The molecule has 0 amide bonds. The number of nitrogens with two attached hydrogens (primary N) is 1. The molecule has 0 saturated heterocycles. The molecule has 0 fully saturated rings. The molecule has 1 aliphatic rings. The van der Waals surface area contributed by atoms with E-state index >= 15 is 0 Å². The average molecular weight is 205 g/mol. The number of aryl methyl sites for hydroxylation is 3. The van der Waals surface area contributed by atoms with Gasteiger partial charge in [0.15, 0.2) is 0 Å². The Bertz CT molecular complexity index is 343. The minimum atomic E-state index is 0.490. The fraction of sp³-hybridized carbons (Fsp3) is 0.667. The van der Waals surface area contributed by atoms with Gasteiger partial charge in [0, 0.05) is 11.4 Å². The molecule has 1 aromatic rings. The van der Waals surface area contributed by atoms with Crippen molar-refractivity contribution in [3.63, 3.8) is 0 Å². The van der Waals surface area contributed by atoms with Crippen LogP contribution in [0, 0.1) is 6.92 Å². The Labute approximate surface area is 91.1 Å². The zero-order valence-corrected chi connectivity index (χ0v) is 9.58. The van der Waals surface area contributed by atoms with Gasteiger partial charge in [0.05, 0.1) is 0 Å². The van der Waals surface area contributed by atoms with E-state index in [0.29, 0.717) is 5.92 Å². The van der Waals surface area contributed by atoms with Crippen molar-refractivity contribution >= 4 is 0 Å². The molecule has 0 aliphatic heterocycles. The van der Waals surface area contributed by atoms with Crippen LogP contribution in [0.2, 0.25) is 0 Å². The molecule has 3 heteroatoms. The van der Waals surface area contributed by atoms with Crippen molar-refractivity contribution in [2.24, 2.45) is 5.73 Å². The predicted molar refractivity (Wildman–Crippen MR) is 60.9 cm³/mol. The van der Waals surface area contributed by atoms with Gasteiger partial charge in [-0.25, -0.2) is 9.97 Å². The Kier molecular flexibility index (Phi) is 3.00. The first kappa shape index (κ1) is 10.6. The largest absolute Gasteiger partial charge is 0.330 e. The van der Waals surface area contributed by atoms with Crippen LogP contribution in [-0.2, 0) is 12.8 Å². The monoisotopic (exact) mass is 205 g/mol. The van der Waals surface area contributed by atoms with Gasteiger partial charge >= 0.3 is 0 Å². The van der Waals surface area contributed by atoms with Gasteiger partial charge in [0.2, 0.25) is 0 Å². The first-order valence-electron chi connectivity index (χ1n) is 5.82. The topological polar surface area (TPSA) is 51.8 Å². The first-order valence-corrected chi connectivity index (χ1v) is 5.82. The molecule has 2 rings (SSSR count). The summed E-state index contributed by atoms with van der Waals surface area (Å²) in [7, 11) is 0. The summed E-state index contributed by atoms with van der Waals surface area (Å²) in [5, 5.41) is 0. The van der Waals surface area contributed by atoms with Crippen molar-refractivity contribution in [2.45, 2.75) is 45.4 Å². The highest BCUT2D eigenvalue weighted by Gasteiger charge is 2.23. The molecule has 0 bridgehead atoms. The van der Waals surface area contributed by atoms with E-state index in [9.17, 15) is 0 Å². The molecule has 1 atom stereocenters. The van der Waals surface area contributed by atoms with Crippen LogP contribution >= 0.6 is 0 Å². The second-order valence-corrected chi connectivity index (χ2v) is 4.26. The van der Waals surface area contributed by atoms with Crippen molar-refractivity contribution in [1.82, 2.24) is 9.97 Å². The van der Waals surface area contributed by atoms with Crippen LogP contribution in [0.5, 0.6) is 0 Å². The van der Waals surface area contributed by atoms with Crippen LogP contribution < -0.4 is 5.73 Å². The molecule has 0 saturated carbocycles. The van der Waals surface area contributed by atoms with Crippen molar-refractivity contribution in [3.05, 3.63) is 22.8 Å². The van der Waals surface area contributed by atoms with E-state index in [0.717, 1.165) is 25.2 Å². The molecule has 0 aromatic carbocycles. The van der Waals surface area contributed by atoms with Gasteiger partial charge in [0.25, 0.3) is 0 Å². The van der Waals surface area contributed by atoms with E-state index in [1.54, 1.807) is 0 Å². The third kappa shape index (κ3) is 1.88. The quantitative estimate of drug-likeness (QED) is 0.800. The summed E-state index contributed by atoms with van der Waals surface area (Å²) in [5.74, 6) is 1.40. The molecule has 1 unspecified atom stereocenters. The summed E-state index contributed by atoms with van der Waals surface area (Å²) in [5.41, 5.74) is 9.65. The zero-order valence-electron chi connectivity index (χ0n) is 9.58. The number of fused-ring (bicyclic) bond motifs is 1. The predicted octanol–water partition coefficient (Wildman–Crippen LogP) is 1.73. The first-order chi connectivity index (χ1) is 7.26. The maximum atomic E-state index is 5.82. The van der Waals surface area contributed by atoms with Crippen LogP contribution in [0.25, 0.3) is 0 Å². The van der Waals surface area contributed by atoms with Gasteiger partial charge in [0.1, 0.15) is 5.82 Å². The zero-order chi connectivity index (χ0) is 10.8. The molecule has 1 aromatic heterocycles. The molecule has 1 heterocycles. The lowest BCUT2D eigenvalue weighted by molar-refractivity contribution is 0.539. The summed E-state index contributed by atoms with van der Waals surface area (Å²) >= 11 is 0. The van der Waals surface area contributed by atoms with Crippen LogP contribution in [0.1, 0.15) is 48.5 Å². The van der Waals surface area contributed by atoms with Gasteiger partial charge in [-0.1, -0.05) is 6.92 Å². The Morgan fingerprint density at radius 2 is 2.20 bits per heavy atom. The summed E-state index contributed by atoms with van der Waals surface area (Å²) < 4.78 is 0. The van der Waals surface area contributed by atoms with Gasteiger partial charge in [-0.3, -0.25) is 0 Å². The van der Waals surface area contributed by atoms with E-state index < -0.39 is 0 Å². The van der Waals surface area contributed by atoms with Crippen LogP contribution in [0.3, 0.4) is 0 Å². The van der Waals surface area contributed by atoms with Crippen molar-refractivity contribution < 1.29 is 0 Å². The number of aromatic nitrogens is 2. The second-order valence-electron chi connectivity index (χ2n) is 4.26. The van der Waals surface area contributed by atoms with Crippen LogP contribution in [-0.4, -0.2) is 16.5 Å². The van der Waals surface area contributed by atoms with Crippen LogP contribution in [0.15, 0.2) is 0 Å². The normalized spacial score (nSPS) is 20.1. The molecule has 82 valence electrons. The molecule has 0 radical (unpaired) electrons. The molecule has 0 spiro atoms. The Balaban J connectivity index is 2.52. The highest BCUT2D eigenvalue weighted by atomic mass is 14.9. The Hall–Kier alpha value is -0.960. The third-order valence-electron chi connectivity index (χ3n) is 3.21. The van der Waals surface area contributed by atoms with Crippen molar-refractivity contribution in [2.75, 3.05) is 6.54 Å². The lowest BCUT2D eigenvalue weighted by Gasteiger charge is -2.25. The van der Waals surface area contributed by atoms with E-state index in [1.807, 2.05) is 6.92 Å². The standard InChI is InChI=1S/C12H19N3/c1-3-10-12-9(7-13)5-4-6-11(12)15-8(2)14-10/h9H,3-7,13H2,1-2H3. The lowest BCUT2D eigenvalue weighted by Crippen LogP contribution is -2.22. The third-order valence-corrected chi connectivity index (χ3v) is 3.21. The fourth-order valence-corrected chi connectivity index (χ4v) is 2.53. The summed E-state index contributed by atoms with van der Waals surface area (Å²) in [4.78, 5) is 9.09. The van der Waals surface area contributed by atoms with Crippen LogP contribution in [0.4, 0.5) is 0 Å². The summed E-state index contributed by atoms with van der Waals surface area (Å²) in [6, 6.07) is 0.